The first kappa shape index (κ1) is 10.1. The Morgan fingerprint density at radius 3 is 3.00 bits per heavy atom. The van der Waals surface area contributed by atoms with Gasteiger partial charge in [0.1, 0.15) is 6.10 Å². The summed E-state index contributed by atoms with van der Waals surface area (Å²) < 4.78 is 11.3. The quantitative estimate of drug-likeness (QED) is 0.570. The Morgan fingerprint density at radius 2 is 2.12 bits per heavy atom. The molecule has 0 spiro atoms. The van der Waals surface area contributed by atoms with Crippen LogP contribution in [0, 0.1) is 5.92 Å². The van der Waals surface area contributed by atoms with Gasteiger partial charge >= 0.3 is 0 Å². The molecule has 0 amide bonds. The summed E-state index contributed by atoms with van der Waals surface area (Å²) >= 11 is 0. The van der Waals surface area contributed by atoms with Crippen LogP contribution in [0.1, 0.15) is 12.0 Å². The lowest BCUT2D eigenvalue weighted by Crippen LogP contribution is -2.18. The molecule has 0 N–H and O–H groups in total. The normalized spacial score (nSPS) is 31.1. The molecule has 0 saturated carbocycles. The minimum atomic E-state index is 0.388. The number of benzene rings is 1. The summed E-state index contributed by atoms with van der Waals surface area (Å²) in [4.78, 5) is 0. The first-order chi connectivity index (χ1) is 7.93. The molecule has 16 heavy (non-hydrogen) atoms. The molecule has 0 bridgehead atoms. The van der Waals surface area contributed by atoms with Crippen LogP contribution in [0.4, 0.5) is 0 Å². The topological polar surface area (TPSA) is 21.8 Å². The van der Waals surface area contributed by atoms with Crippen molar-refractivity contribution in [3.63, 3.8) is 0 Å². The molecule has 1 aromatic rings. The first-order valence-corrected chi connectivity index (χ1v) is 5.87. The molecule has 0 unspecified atom stereocenters. The van der Waals surface area contributed by atoms with Crippen LogP contribution in [0.15, 0.2) is 42.5 Å². The number of allylic oxidation sites excluding steroid dienone is 1. The average Bonchev–Trinajstić information content (AvgIpc) is 3.10. The Labute approximate surface area is 95.9 Å². The van der Waals surface area contributed by atoms with E-state index < -0.39 is 0 Å². The molecule has 2 aliphatic rings. The van der Waals surface area contributed by atoms with E-state index in [4.69, 9.17) is 9.47 Å². The van der Waals surface area contributed by atoms with Gasteiger partial charge < -0.3 is 9.47 Å². The van der Waals surface area contributed by atoms with Crippen LogP contribution in [0.3, 0.4) is 0 Å². The molecule has 1 aliphatic carbocycles. The second-order valence-electron chi connectivity index (χ2n) is 4.49. The standard InChI is InChI=1S/C14H16O2/c1-2-5-11(6-3-1)9-15-10-12-7-4-8-13-14(12)16-13/h1-6,8,12-14H,7,9-10H2/t12-,13+,14-/m0/s1. The van der Waals surface area contributed by atoms with Gasteiger partial charge in [-0.05, 0) is 12.0 Å². The molecule has 1 aromatic carbocycles. The van der Waals surface area contributed by atoms with Gasteiger partial charge in [-0.1, -0.05) is 42.5 Å². The zero-order chi connectivity index (χ0) is 10.8. The van der Waals surface area contributed by atoms with E-state index in [0.29, 0.717) is 24.7 Å². The minimum Gasteiger partial charge on any atom is -0.376 e. The third-order valence-electron chi connectivity index (χ3n) is 3.23. The Bertz CT molecular complexity index is 372. The molecule has 3 atom stereocenters. The van der Waals surface area contributed by atoms with Gasteiger partial charge in [0.05, 0.1) is 19.3 Å². The number of epoxide rings is 1. The summed E-state index contributed by atoms with van der Waals surface area (Å²) in [6.45, 7) is 1.51. The Kier molecular flexibility index (Phi) is 2.77. The van der Waals surface area contributed by atoms with E-state index in [0.717, 1.165) is 13.0 Å². The number of rotatable bonds is 4. The maximum absolute atomic E-state index is 5.74. The van der Waals surface area contributed by atoms with Gasteiger partial charge in [-0.25, -0.2) is 0 Å². The highest BCUT2D eigenvalue weighted by Gasteiger charge is 2.44. The fourth-order valence-corrected chi connectivity index (χ4v) is 2.26. The molecule has 84 valence electrons. The van der Waals surface area contributed by atoms with Crippen molar-refractivity contribution in [3.8, 4) is 0 Å². The second-order valence-corrected chi connectivity index (χ2v) is 4.49. The van der Waals surface area contributed by atoms with Crippen LogP contribution in [0.2, 0.25) is 0 Å². The summed E-state index contributed by atoms with van der Waals surface area (Å²) in [7, 11) is 0. The molecule has 0 aromatic heterocycles. The van der Waals surface area contributed by atoms with E-state index in [1.165, 1.54) is 5.56 Å². The maximum atomic E-state index is 5.74. The summed E-state index contributed by atoms with van der Waals surface area (Å²) in [6.07, 6.45) is 6.29. The molecule has 2 nitrogen and oxygen atoms in total. The Hall–Kier alpha value is -1.12. The van der Waals surface area contributed by atoms with Crippen LogP contribution in [-0.2, 0) is 16.1 Å². The number of hydrogen-bond acceptors (Lipinski definition) is 2. The molecule has 2 heteroatoms. The molecule has 1 saturated heterocycles. The predicted octanol–water partition coefficient (Wildman–Crippen LogP) is 2.55. The summed E-state index contributed by atoms with van der Waals surface area (Å²) in [6, 6.07) is 10.3. The summed E-state index contributed by atoms with van der Waals surface area (Å²) in [5, 5.41) is 0. The number of fused-ring (bicyclic) bond motifs is 1. The second kappa shape index (κ2) is 4.40. The van der Waals surface area contributed by atoms with Gasteiger partial charge in [-0.15, -0.1) is 0 Å². The molecule has 1 aliphatic heterocycles. The Morgan fingerprint density at radius 1 is 1.25 bits per heavy atom. The highest BCUT2D eigenvalue weighted by Crippen LogP contribution is 2.36. The third kappa shape index (κ3) is 2.18. The van der Waals surface area contributed by atoms with E-state index in [1.54, 1.807) is 0 Å². The fourth-order valence-electron chi connectivity index (χ4n) is 2.26. The van der Waals surface area contributed by atoms with Gasteiger partial charge in [0, 0.05) is 5.92 Å². The molecular weight excluding hydrogens is 200 g/mol. The van der Waals surface area contributed by atoms with E-state index in [-0.39, 0.29) is 0 Å². The lowest BCUT2D eigenvalue weighted by molar-refractivity contribution is 0.0773. The van der Waals surface area contributed by atoms with Gasteiger partial charge in [-0.3, -0.25) is 0 Å². The van der Waals surface area contributed by atoms with Crippen molar-refractivity contribution in [3.05, 3.63) is 48.0 Å². The van der Waals surface area contributed by atoms with Crippen molar-refractivity contribution in [2.45, 2.75) is 25.2 Å². The molecule has 1 heterocycles. The average molecular weight is 216 g/mol. The lowest BCUT2D eigenvalue weighted by atomic mass is 9.95. The number of hydrogen-bond donors (Lipinski definition) is 0. The van der Waals surface area contributed by atoms with Gasteiger partial charge in [-0.2, -0.15) is 0 Å². The van der Waals surface area contributed by atoms with E-state index in [1.807, 2.05) is 18.2 Å². The molecule has 3 rings (SSSR count). The fraction of sp³-hybridized carbons (Fsp3) is 0.429. The molecular formula is C14H16O2. The van der Waals surface area contributed by atoms with Crippen LogP contribution >= 0.6 is 0 Å². The highest BCUT2D eigenvalue weighted by molar-refractivity contribution is 5.14. The smallest absolute Gasteiger partial charge is 0.103 e. The first-order valence-electron chi connectivity index (χ1n) is 5.87. The minimum absolute atomic E-state index is 0.388. The van der Waals surface area contributed by atoms with Crippen molar-refractivity contribution in [2.24, 2.45) is 5.92 Å². The molecule has 0 radical (unpaired) electrons. The monoisotopic (exact) mass is 216 g/mol. The number of ether oxygens (including phenoxy) is 2. The molecule has 1 fully saturated rings. The summed E-state index contributed by atoms with van der Waals surface area (Å²) in [5.41, 5.74) is 1.24. The van der Waals surface area contributed by atoms with Crippen molar-refractivity contribution in [1.82, 2.24) is 0 Å². The zero-order valence-corrected chi connectivity index (χ0v) is 9.21. The van der Waals surface area contributed by atoms with Gasteiger partial charge in [0.25, 0.3) is 0 Å². The summed E-state index contributed by atoms with van der Waals surface area (Å²) in [5.74, 6) is 0.554. The van der Waals surface area contributed by atoms with Crippen LogP contribution in [-0.4, -0.2) is 18.8 Å². The van der Waals surface area contributed by atoms with Crippen molar-refractivity contribution >= 4 is 0 Å². The zero-order valence-electron chi connectivity index (χ0n) is 9.21. The van der Waals surface area contributed by atoms with Crippen LogP contribution in [0.5, 0.6) is 0 Å². The van der Waals surface area contributed by atoms with Crippen molar-refractivity contribution < 1.29 is 9.47 Å². The SMILES string of the molecule is C1=C[C@H]2O[C@H]2[C@H](COCc2ccccc2)C1. The predicted molar refractivity (Wildman–Crippen MR) is 62.0 cm³/mol. The van der Waals surface area contributed by atoms with Gasteiger partial charge in [0.15, 0.2) is 0 Å². The maximum Gasteiger partial charge on any atom is 0.103 e. The van der Waals surface area contributed by atoms with Crippen molar-refractivity contribution in [1.29, 1.82) is 0 Å². The van der Waals surface area contributed by atoms with Crippen LogP contribution < -0.4 is 0 Å². The van der Waals surface area contributed by atoms with Crippen LogP contribution in [0.25, 0.3) is 0 Å². The largest absolute Gasteiger partial charge is 0.376 e. The lowest BCUT2D eigenvalue weighted by Gasteiger charge is -2.14. The van der Waals surface area contributed by atoms with E-state index in [9.17, 15) is 0 Å². The van der Waals surface area contributed by atoms with E-state index in [2.05, 4.69) is 24.3 Å². The van der Waals surface area contributed by atoms with Crippen molar-refractivity contribution in [2.75, 3.05) is 6.61 Å². The van der Waals surface area contributed by atoms with E-state index >= 15 is 0 Å². The highest BCUT2D eigenvalue weighted by atomic mass is 16.6. The third-order valence-corrected chi connectivity index (χ3v) is 3.23. The Balaban J connectivity index is 1.45. The van der Waals surface area contributed by atoms with Gasteiger partial charge in [0.2, 0.25) is 0 Å².